The second kappa shape index (κ2) is 3.58. The maximum atomic E-state index is 10.2. The van der Waals surface area contributed by atoms with E-state index in [9.17, 15) is 15.2 Å². The molecule has 2 atom stereocenters. The molecule has 0 aromatic heterocycles. The van der Waals surface area contributed by atoms with Gasteiger partial charge in [0.15, 0.2) is 0 Å². The van der Waals surface area contributed by atoms with Gasteiger partial charge in [-0.3, -0.25) is 10.1 Å². The molecule has 1 fully saturated rings. The maximum absolute atomic E-state index is 10.2. The first kappa shape index (κ1) is 9.74. The molecular formula is C7H12ClNO3. The maximum Gasteiger partial charge on any atom is 0.233 e. The highest BCUT2D eigenvalue weighted by atomic mass is 35.5. The van der Waals surface area contributed by atoms with Crippen molar-refractivity contribution in [1.29, 1.82) is 0 Å². The molecule has 1 aliphatic rings. The normalized spacial score (nSPS) is 36.3. The summed E-state index contributed by atoms with van der Waals surface area (Å²) in [7, 11) is 0. The molecule has 70 valence electrons. The van der Waals surface area contributed by atoms with Gasteiger partial charge in [-0.1, -0.05) is 12.8 Å². The third-order valence-electron chi connectivity index (χ3n) is 2.30. The van der Waals surface area contributed by atoms with Crippen LogP contribution in [0, 0.1) is 10.1 Å². The van der Waals surface area contributed by atoms with Gasteiger partial charge in [-0.2, -0.15) is 0 Å². The van der Waals surface area contributed by atoms with E-state index in [1.807, 2.05) is 0 Å². The van der Waals surface area contributed by atoms with Gasteiger partial charge in [-0.25, -0.2) is 0 Å². The van der Waals surface area contributed by atoms with Crippen LogP contribution in [-0.4, -0.2) is 27.6 Å². The Bertz CT molecular complexity index is 187. The van der Waals surface area contributed by atoms with Gasteiger partial charge in [0.25, 0.3) is 0 Å². The number of alkyl halides is 1. The summed E-state index contributed by atoms with van der Waals surface area (Å²) in [5.41, 5.74) is -1.27. The Hall–Kier alpha value is -0.350. The highest BCUT2D eigenvalue weighted by Crippen LogP contribution is 2.32. The first-order valence-corrected chi connectivity index (χ1v) is 4.46. The van der Waals surface area contributed by atoms with Gasteiger partial charge in [0.05, 0.1) is 5.38 Å². The molecule has 0 aromatic carbocycles. The molecule has 0 amide bonds. The average molecular weight is 194 g/mol. The number of nitrogens with zero attached hydrogens (tertiary/aromatic N) is 1. The quantitative estimate of drug-likeness (QED) is 0.407. The summed E-state index contributed by atoms with van der Waals surface area (Å²) in [6.45, 7) is -0.429. The van der Waals surface area contributed by atoms with Crippen molar-refractivity contribution in [2.24, 2.45) is 0 Å². The van der Waals surface area contributed by atoms with Gasteiger partial charge in [-0.05, 0) is 12.8 Å². The van der Waals surface area contributed by atoms with E-state index >= 15 is 0 Å². The third-order valence-corrected chi connectivity index (χ3v) is 2.93. The van der Waals surface area contributed by atoms with E-state index in [0.717, 1.165) is 12.8 Å². The number of rotatable bonds is 2. The van der Waals surface area contributed by atoms with Crippen molar-refractivity contribution in [2.45, 2.75) is 36.7 Å². The van der Waals surface area contributed by atoms with E-state index < -0.39 is 22.4 Å². The number of hydrogen-bond donors (Lipinski definition) is 1. The van der Waals surface area contributed by atoms with Crippen molar-refractivity contribution >= 4 is 11.6 Å². The van der Waals surface area contributed by atoms with Crippen LogP contribution in [-0.2, 0) is 0 Å². The van der Waals surface area contributed by atoms with Crippen LogP contribution in [0.2, 0.25) is 0 Å². The Balaban J connectivity index is 2.59. The second-order valence-electron chi connectivity index (χ2n) is 3.31. The van der Waals surface area contributed by atoms with Gasteiger partial charge in [-0.15, -0.1) is 11.6 Å². The minimum absolute atomic E-state index is 0.429. The lowest BCUT2D eigenvalue weighted by Crippen LogP contribution is -2.47. The Morgan fingerprint density at radius 2 is 2.33 bits per heavy atom. The fraction of sp³-hybridized carbons (Fsp3) is 1.00. The molecule has 1 N–H and O–H groups in total. The van der Waals surface area contributed by atoms with E-state index in [-0.39, 0.29) is 0 Å². The van der Waals surface area contributed by atoms with Crippen molar-refractivity contribution in [3.63, 3.8) is 0 Å². The topological polar surface area (TPSA) is 63.4 Å². The van der Waals surface area contributed by atoms with Crippen molar-refractivity contribution in [3.8, 4) is 0 Å². The lowest BCUT2D eigenvalue weighted by atomic mass is 9.84. The van der Waals surface area contributed by atoms with E-state index in [4.69, 9.17) is 11.6 Å². The number of nitro groups is 1. The highest BCUT2D eigenvalue weighted by Gasteiger charge is 2.42. The zero-order valence-corrected chi connectivity index (χ0v) is 7.46. The molecule has 12 heavy (non-hydrogen) atoms. The molecule has 1 saturated carbocycles. The van der Waals surface area contributed by atoms with Crippen molar-refractivity contribution in [1.82, 2.24) is 0 Å². The summed E-state index contributed by atoms with van der Waals surface area (Å²) in [5, 5.41) is 19.5. The Morgan fingerprint density at radius 3 is 2.83 bits per heavy atom. The third kappa shape index (κ3) is 2.08. The fourth-order valence-corrected chi connectivity index (χ4v) is 1.91. The fourth-order valence-electron chi connectivity index (χ4n) is 1.58. The summed E-state index contributed by atoms with van der Waals surface area (Å²) < 4.78 is 0. The zero-order chi connectivity index (χ0) is 9.19. The van der Waals surface area contributed by atoms with E-state index in [2.05, 4.69) is 0 Å². The van der Waals surface area contributed by atoms with Gasteiger partial charge in [0, 0.05) is 4.92 Å². The molecule has 1 rings (SSSR count). The summed E-state index contributed by atoms with van der Waals surface area (Å²) in [5.74, 6) is 0. The number of hydrogen-bond acceptors (Lipinski definition) is 3. The predicted octanol–water partition coefficient (Wildman–Crippen LogP) is 1.18. The molecule has 0 saturated heterocycles. The van der Waals surface area contributed by atoms with E-state index in [1.54, 1.807) is 0 Å². The highest BCUT2D eigenvalue weighted by molar-refractivity contribution is 6.21. The van der Waals surface area contributed by atoms with Crippen LogP contribution in [0.15, 0.2) is 0 Å². The molecule has 0 spiro atoms. The van der Waals surface area contributed by atoms with Crippen LogP contribution in [0.1, 0.15) is 25.7 Å². The van der Waals surface area contributed by atoms with Gasteiger partial charge in [0.2, 0.25) is 6.54 Å². The Labute approximate surface area is 75.7 Å². The molecule has 0 radical (unpaired) electrons. The van der Waals surface area contributed by atoms with Crippen molar-refractivity contribution in [2.75, 3.05) is 6.54 Å². The van der Waals surface area contributed by atoms with Crippen molar-refractivity contribution in [3.05, 3.63) is 10.1 Å². The first-order chi connectivity index (χ1) is 5.54. The second-order valence-corrected chi connectivity index (χ2v) is 3.83. The molecule has 4 nitrogen and oxygen atoms in total. The lowest BCUT2D eigenvalue weighted by Gasteiger charge is -2.32. The SMILES string of the molecule is O=[N+]([O-])CC1(O)CCCCC1Cl. The summed E-state index contributed by atoms with van der Waals surface area (Å²) in [6, 6.07) is 0. The number of aliphatic hydroxyl groups is 1. The Kier molecular flexibility index (Phi) is 2.90. The standard InChI is InChI=1S/C7H12ClNO3/c8-6-3-1-2-4-7(6,10)5-9(11)12/h6,10H,1-5H2. The van der Waals surface area contributed by atoms with Crippen molar-refractivity contribution < 1.29 is 10.0 Å². The van der Waals surface area contributed by atoms with Crippen LogP contribution >= 0.6 is 11.6 Å². The van der Waals surface area contributed by atoms with Gasteiger partial charge >= 0.3 is 0 Å². The molecule has 0 aliphatic heterocycles. The summed E-state index contributed by atoms with van der Waals surface area (Å²) >= 11 is 5.81. The van der Waals surface area contributed by atoms with Crippen LogP contribution in [0.4, 0.5) is 0 Å². The molecular weight excluding hydrogens is 182 g/mol. The smallest absolute Gasteiger partial charge is 0.233 e. The summed E-state index contributed by atoms with van der Waals surface area (Å²) in [4.78, 5) is 9.71. The minimum atomic E-state index is -1.27. The Morgan fingerprint density at radius 1 is 1.67 bits per heavy atom. The van der Waals surface area contributed by atoms with Gasteiger partial charge in [0.1, 0.15) is 5.60 Å². The largest absolute Gasteiger partial charge is 0.381 e. The molecule has 2 unspecified atom stereocenters. The van der Waals surface area contributed by atoms with Gasteiger partial charge < -0.3 is 5.11 Å². The van der Waals surface area contributed by atoms with Crippen LogP contribution in [0.5, 0.6) is 0 Å². The van der Waals surface area contributed by atoms with Crippen LogP contribution < -0.4 is 0 Å². The zero-order valence-electron chi connectivity index (χ0n) is 6.70. The monoisotopic (exact) mass is 193 g/mol. The van der Waals surface area contributed by atoms with Crippen LogP contribution in [0.3, 0.4) is 0 Å². The molecule has 0 aromatic rings. The molecule has 0 bridgehead atoms. The predicted molar refractivity (Wildman–Crippen MR) is 44.9 cm³/mol. The molecule has 0 heterocycles. The first-order valence-electron chi connectivity index (χ1n) is 4.03. The molecule has 1 aliphatic carbocycles. The van der Waals surface area contributed by atoms with Crippen LogP contribution in [0.25, 0.3) is 0 Å². The average Bonchev–Trinajstić information content (AvgIpc) is 1.94. The minimum Gasteiger partial charge on any atom is -0.381 e. The van der Waals surface area contributed by atoms with E-state index in [1.165, 1.54) is 0 Å². The summed E-state index contributed by atoms with van der Waals surface area (Å²) in [6.07, 6.45) is 2.90. The number of halogens is 1. The van der Waals surface area contributed by atoms with E-state index in [0.29, 0.717) is 12.8 Å². The molecule has 5 heteroatoms. The lowest BCUT2D eigenvalue weighted by molar-refractivity contribution is -0.501.